The number of nitrogens with two attached hydrogens (primary N) is 1. The van der Waals surface area contributed by atoms with Crippen LogP contribution in [0.2, 0.25) is 0 Å². The van der Waals surface area contributed by atoms with Crippen LogP contribution in [0.3, 0.4) is 0 Å². The lowest BCUT2D eigenvalue weighted by Gasteiger charge is -2.17. The summed E-state index contributed by atoms with van der Waals surface area (Å²) in [5.41, 5.74) is 5.24. The van der Waals surface area contributed by atoms with Gasteiger partial charge in [-0.2, -0.15) is 0 Å². The summed E-state index contributed by atoms with van der Waals surface area (Å²) in [6.07, 6.45) is 1.08. The van der Waals surface area contributed by atoms with Crippen LogP contribution in [0.1, 0.15) is 18.4 Å². The van der Waals surface area contributed by atoms with E-state index in [9.17, 15) is 19.8 Å². The quantitative estimate of drug-likeness (QED) is 0.470. The Morgan fingerprint density at radius 1 is 1.30 bits per heavy atom. The van der Waals surface area contributed by atoms with Crippen molar-refractivity contribution in [2.75, 3.05) is 0 Å². The zero-order valence-corrected chi connectivity index (χ0v) is 10.7. The van der Waals surface area contributed by atoms with Gasteiger partial charge < -0.3 is 26.4 Å². The molecule has 0 aliphatic heterocycles. The van der Waals surface area contributed by atoms with E-state index in [2.05, 4.69) is 5.32 Å². The first kappa shape index (κ1) is 14.1. The number of nitrogens with one attached hydrogen (secondary N) is 1. The van der Waals surface area contributed by atoms with Gasteiger partial charge in [-0.05, 0) is 30.5 Å². The van der Waals surface area contributed by atoms with Crippen molar-refractivity contribution in [1.29, 1.82) is 0 Å². The number of aromatic hydroxyl groups is 2. The molecule has 0 radical (unpaired) electrons. The highest BCUT2D eigenvalue weighted by Crippen LogP contribution is 2.32. The Bertz CT molecular complexity index is 554. The van der Waals surface area contributed by atoms with Gasteiger partial charge in [0.25, 0.3) is 0 Å². The van der Waals surface area contributed by atoms with Gasteiger partial charge in [0.1, 0.15) is 6.04 Å². The molecular formula is C13H16N2O5. The summed E-state index contributed by atoms with van der Waals surface area (Å²) in [7, 11) is 0. The molecule has 1 amide bonds. The molecule has 0 aromatic heterocycles. The Hall–Kier alpha value is -2.28. The lowest BCUT2D eigenvalue weighted by atomic mass is 10.0. The summed E-state index contributed by atoms with van der Waals surface area (Å²) in [6, 6.07) is 2.86. The van der Waals surface area contributed by atoms with Crippen molar-refractivity contribution in [2.45, 2.75) is 30.8 Å². The van der Waals surface area contributed by atoms with E-state index in [0.717, 1.165) is 0 Å². The van der Waals surface area contributed by atoms with E-state index in [4.69, 9.17) is 10.8 Å². The second kappa shape index (κ2) is 5.01. The van der Waals surface area contributed by atoms with Crippen LogP contribution >= 0.6 is 0 Å². The normalized spacial score (nSPS) is 17.2. The summed E-state index contributed by atoms with van der Waals surface area (Å²) in [5, 5.41) is 30.1. The second-order valence-electron chi connectivity index (χ2n) is 5.05. The molecule has 108 valence electrons. The smallest absolute Gasteiger partial charge is 0.326 e. The summed E-state index contributed by atoms with van der Waals surface area (Å²) >= 11 is 0. The standard InChI is InChI=1S/C13H16N2O5/c14-13(3-4-13)12(20)15-8(11(18)19)5-7-1-2-9(16)10(17)6-7/h1-2,6,8,16-17H,3-5,14H2,(H,15,20)(H,18,19). The number of carbonyl (C=O) groups is 2. The number of hydrogen-bond acceptors (Lipinski definition) is 5. The molecule has 20 heavy (non-hydrogen) atoms. The third-order valence-electron chi connectivity index (χ3n) is 3.32. The molecule has 1 unspecified atom stereocenters. The van der Waals surface area contributed by atoms with Gasteiger partial charge in [0.05, 0.1) is 5.54 Å². The predicted molar refractivity (Wildman–Crippen MR) is 69.2 cm³/mol. The maximum Gasteiger partial charge on any atom is 0.326 e. The van der Waals surface area contributed by atoms with Crippen molar-refractivity contribution in [3.63, 3.8) is 0 Å². The van der Waals surface area contributed by atoms with Crippen LogP contribution in [0.4, 0.5) is 0 Å². The monoisotopic (exact) mass is 280 g/mol. The van der Waals surface area contributed by atoms with Crippen molar-refractivity contribution in [1.82, 2.24) is 5.32 Å². The Morgan fingerprint density at radius 3 is 2.45 bits per heavy atom. The fraction of sp³-hybridized carbons (Fsp3) is 0.385. The molecule has 7 nitrogen and oxygen atoms in total. The van der Waals surface area contributed by atoms with Crippen LogP contribution in [0.25, 0.3) is 0 Å². The Labute approximate surface area is 115 Å². The van der Waals surface area contributed by atoms with E-state index in [1.54, 1.807) is 0 Å². The third-order valence-corrected chi connectivity index (χ3v) is 3.32. The minimum absolute atomic E-state index is 0.00894. The van der Waals surface area contributed by atoms with Crippen LogP contribution in [0, 0.1) is 0 Å². The summed E-state index contributed by atoms with van der Waals surface area (Å²) < 4.78 is 0. The molecule has 1 saturated carbocycles. The molecule has 0 saturated heterocycles. The zero-order chi connectivity index (χ0) is 14.9. The van der Waals surface area contributed by atoms with E-state index in [-0.39, 0.29) is 17.9 Å². The highest BCUT2D eigenvalue weighted by Gasteiger charge is 2.46. The van der Waals surface area contributed by atoms with Gasteiger partial charge in [-0.1, -0.05) is 6.07 Å². The first-order valence-electron chi connectivity index (χ1n) is 6.15. The maximum absolute atomic E-state index is 11.8. The fourth-order valence-corrected chi connectivity index (χ4v) is 1.80. The molecular weight excluding hydrogens is 264 g/mol. The van der Waals surface area contributed by atoms with Crippen LogP contribution < -0.4 is 11.1 Å². The average Bonchev–Trinajstić information content (AvgIpc) is 3.12. The van der Waals surface area contributed by atoms with Crippen molar-refractivity contribution in [3.05, 3.63) is 23.8 Å². The van der Waals surface area contributed by atoms with Crippen LogP contribution in [-0.2, 0) is 16.0 Å². The Kier molecular flexibility index (Phi) is 3.54. The zero-order valence-electron chi connectivity index (χ0n) is 10.7. The fourth-order valence-electron chi connectivity index (χ4n) is 1.80. The molecule has 1 aliphatic carbocycles. The van der Waals surface area contributed by atoms with Gasteiger partial charge in [-0.25, -0.2) is 4.79 Å². The molecule has 0 bridgehead atoms. The van der Waals surface area contributed by atoms with Gasteiger partial charge in [-0.3, -0.25) is 4.79 Å². The number of carboxylic acid groups (broad SMARTS) is 1. The van der Waals surface area contributed by atoms with Gasteiger partial charge in [0.2, 0.25) is 5.91 Å². The molecule has 1 aromatic rings. The van der Waals surface area contributed by atoms with Gasteiger partial charge in [0, 0.05) is 6.42 Å². The minimum Gasteiger partial charge on any atom is -0.504 e. The van der Waals surface area contributed by atoms with Crippen LogP contribution in [0.5, 0.6) is 11.5 Å². The third kappa shape index (κ3) is 3.00. The molecule has 1 fully saturated rings. The van der Waals surface area contributed by atoms with Crippen LogP contribution in [0.15, 0.2) is 18.2 Å². The number of aliphatic carboxylic acids is 1. The summed E-state index contributed by atoms with van der Waals surface area (Å²) in [4.78, 5) is 22.9. The molecule has 6 N–H and O–H groups in total. The first-order chi connectivity index (χ1) is 9.32. The first-order valence-corrected chi connectivity index (χ1v) is 6.15. The number of rotatable bonds is 5. The number of phenolic OH excluding ortho intramolecular Hbond substituents is 2. The number of hydrogen-bond donors (Lipinski definition) is 5. The number of carboxylic acids is 1. The second-order valence-corrected chi connectivity index (χ2v) is 5.05. The van der Waals surface area contributed by atoms with Crippen molar-refractivity contribution in [3.8, 4) is 11.5 Å². The highest BCUT2D eigenvalue weighted by atomic mass is 16.4. The topological polar surface area (TPSA) is 133 Å². The van der Waals surface area contributed by atoms with Crippen molar-refractivity contribution < 1.29 is 24.9 Å². The van der Waals surface area contributed by atoms with Gasteiger partial charge >= 0.3 is 5.97 Å². The van der Waals surface area contributed by atoms with Crippen molar-refractivity contribution >= 4 is 11.9 Å². The van der Waals surface area contributed by atoms with E-state index in [1.165, 1.54) is 18.2 Å². The molecule has 7 heteroatoms. The SMILES string of the molecule is NC1(C(=O)NC(Cc2ccc(O)c(O)c2)C(=O)O)CC1. The molecule has 1 aliphatic rings. The van der Waals surface area contributed by atoms with E-state index in [0.29, 0.717) is 18.4 Å². The van der Waals surface area contributed by atoms with Crippen molar-refractivity contribution in [2.24, 2.45) is 5.73 Å². The molecule has 0 spiro atoms. The number of phenols is 2. The van der Waals surface area contributed by atoms with E-state index >= 15 is 0 Å². The Morgan fingerprint density at radius 2 is 1.95 bits per heavy atom. The molecule has 1 atom stereocenters. The van der Waals surface area contributed by atoms with Crippen LogP contribution in [-0.4, -0.2) is 38.8 Å². The minimum atomic E-state index is -1.19. The average molecular weight is 280 g/mol. The van der Waals surface area contributed by atoms with E-state index in [1.807, 2.05) is 0 Å². The number of carbonyl (C=O) groups excluding carboxylic acids is 1. The predicted octanol–water partition coefficient (Wildman–Crippen LogP) is -0.299. The summed E-state index contributed by atoms with van der Waals surface area (Å²) in [5.74, 6) is -2.29. The van der Waals surface area contributed by atoms with E-state index < -0.39 is 23.5 Å². The lowest BCUT2D eigenvalue weighted by Crippen LogP contribution is -2.50. The lowest BCUT2D eigenvalue weighted by molar-refractivity contribution is -0.142. The number of amides is 1. The van der Waals surface area contributed by atoms with Gasteiger partial charge in [0.15, 0.2) is 11.5 Å². The van der Waals surface area contributed by atoms with Gasteiger partial charge in [-0.15, -0.1) is 0 Å². The molecule has 2 rings (SSSR count). The highest BCUT2D eigenvalue weighted by molar-refractivity contribution is 5.92. The molecule has 1 aromatic carbocycles. The maximum atomic E-state index is 11.8. The largest absolute Gasteiger partial charge is 0.504 e. The number of benzene rings is 1. The summed E-state index contributed by atoms with van der Waals surface area (Å²) in [6.45, 7) is 0. The Balaban J connectivity index is 2.07. The molecule has 0 heterocycles.